The van der Waals surface area contributed by atoms with Crippen LogP contribution in [-0.4, -0.2) is 17.8 Å². The van der Waals surface area contributed by atoms with E-state index in [1.165, 1.54) is 0 Å². The van der Waals surface area contributed by atoms with E-state index in [2.05, 4.69) is 40.7 Å². The highest BCUT2D eigenvalue weighted by Gasteiger charge is 2.37. The Bertz CT molecular complexity index is 763. The minimum absolute atomic E-state index is 0.351. The zero-order chi connectivity index (χ0) is 19.1. The fourth-order valence-electron chi connectivity index (χ4n) is 3.11. The van der Waals surface area contributed by atoms with Crippen molar-refractivity contribution in [3.63, 3.8) is 0 Å². The second-order valence-corrected chi connectivity index (χ2v) is 7.48. The van der Waals surface area contributed by atoms with Crippen molar-refractivity contribution in [3.05, 3.63) is 108 Å². The minimum atomic E-state index is -0.817. The van der Waals surface area contributed by atoms with Crippen molar-refractivity contribution in [1.82, 2.24) is 0 Å². The third-order valence-corrected chi connectivity index (χ3v) is 6.22. The van der Waals surface area contributed by atoms with Gasteiger partial charge in [-0.2, -0.15) is 0 Å². The zero-order valence-corrected chi connectivity index (χ0v) is 16.2. The van der Waals surface area contributed by atoms with Crippen LogP contribution in [0.1, 0.15) is 16.7 Å². The number of carbonyl (C=O) groups is 1. The largest absolute Gasteiger partial charge is 0.346 e. The highest BCUT2D eigenvalue weighted by Crippen LogP contribution is 2.48. The van der Waals surface area contributed by atoms with Gasteiger partial charge in [-0.05, 0) is 16.7 Å². The van der Waals surface area contributed by atoms with Crippen LogP contribution in [0.3, 0.4) is 0 Å². The molecular weight excluding hydrogens is 378 g/mol. The second-order valence-electron chi connectivity index (χ2n) is 6.09. The van der Waals surface area contributed by atoms with Crippen LogP contribution >= 0.6 is 23.6 Å². The highest BCUT2D eigenvalue weighted by atomic mass is 35.5. The average molecular weight is 398 g/mol. The highest BCUT2D eigenvalue weighted by molar-refractivity contribution is 8.00. The van der Waals surface area contributed by atoms with Gasteiger partial charge in [0.15, 0.2) is 0 Å². The van der Waals surface area contributed by atoms with Gasteiger partial charge in [0.1, 0.15) is 17.9 Å². The summed E-state index contributed by atoms with van der Waals surface area (Å²) in [4.78, 5) is 11.7. The van der Waals surface area contributed by atoms with E-state index in [1.54, 1.807) is 11.8 Å². The summed E-state index contributed by atoms with van der Waals surface area (Å²) in [5, 5.41) is 0. The Morgan fingerprint density at radius 1 is 0.852 bits per heavy atom. The summed E-state index contributed by atoms with van der Waals surface area (Å²) in [6, 6.07) is 29.8. The first-order valence-corrected chi connectivity index (χ1v) is 9.86. The molecule has 0 saturated heterocycles. The molecule has 0 aliphatic carbocycles. The average Bonchev–Trinajstić information content (AvgIpc) is 2.75. The standard InChI is InChI=1S/C22H20ClNO2S/c23-26-21(25)20(24)16-27-22(17-10-4-1-5-11-17,18-12-6-2-7-13-18)19-14-8-3-9-15-19/h1-15,20H,16,24H2/t20-/m0/s1. The van der Waals surface area contributed by atoms with Gasteiger partial charge in [-0.15, -0.1) is 11.8 Å². The molecule has 0 aliphatic rings. The van der Waals surface area contributed by atoms with E-state index in [-0.39, 0.29) is 0 Å². The molecule has 0 fully saturated rings. The van der Waals surface area contributed by atoms with Crippen molar-refractivity contribution < 1.29 is 9.08 Å². The summed E-state index contributed by atoms with van der Waals surface area (Å²) in [6.45, 7) is 0. The Balaban J connectivity index is 2.15. The lowest BCUT2D eigenvalue weighted by Crippen LogP contribution is -2.36. The molecule has 2 N–H and O–H groups in total. The van der Waals surface area contributed by atoms with Gasteiger partial charge in [0.25, 0.3) is 0 Å². The third-order valence-electron chi connectivity index (χ3n) is 4.40. The number of rotatable bonds is 7. The molecule has 1 atom stereocenters. The van der Waals surface area contributed by atoms with E-state index in [1.807, 2.05) is 54.6 Å². The summed E-state index contributed by atoms with van der Waals surface area (Å²) in [7, 11) is 0. The van der Waals surface area contributed by atoms with E-state index in [0.29, 0.717) is 5.75 Å². The summed E-state index contributed by atoms with van der Waals surface area (Å²) in [6.07, 6.45) is 0. The van der Waals surface area contributed by atoms with Crippen LogP contribution in [0.15, 0.2) is 91.0 Å². The van der Waals surface area contributed by atoms with Gasteiger partial charge in [-0.25, -0.2) is 4.79 Å². The summed E-state index contributed by atoms with van der Waals surface area (Å²) < 4.78 is 3.77. The van der Waals surface area contributed by atoms with Crippen LogP contribution in [-0.2, 0) is 13.8 Å². The van der Waals surface area contributed by atoms with Gasteiger partial charge in [0.05, 0.1) is 4.75 Å². The van der Waals surface area contributed by atoms with Crippen LogP contribution in [0, 0.1) is 0 Å². The van der Waals surface area contributed by atoms with Crippen molar-refractivity contribution >= 4 is 29.6 Å². The molecule has 3 rings (SSSR count). The monoisotopic (exact) mass is 397 g/mol. The lowest BCUT2D eigenvalue weighted by atomic mass is 9.84. The predicted molar refractivity (Wildman–Crippen MR) is 112 cm³/mol. The predicted octanol–water partition coefficient (Wildman–Crippen LogP) is 4.74. The number of benzene rings is 3. The van der Waals surface area contributed by atoms with E-state index in [9.17, 15) is 4.79 Å². The Hall–Kier alpha value is -2.27. The molecule has 0 radical (unpaired) electrons. The van der Waals surface area contributed by atoms with Crippen LogP contribution in [0.4, 0.5) is 0 Å². The number of carbonyl (C=O) groups excluding carboxylic acids is 1. The third kappa shape index (κ3) is 4.19. The number of thioether (sulfide) groups is 1. The van der Waals surface area contributed by atoms with Gasteiger partial charge in [0, 0.05) is 5.75 Å². The van der Waals surface area contributed by atoms with Gasteiger partial charge in [0.2, 0.25) is 0 Å². The zero-order valence-electron chi connectivity index (χ0n) is 14.6. The molecule has 0 amide bonds. The van der Waals surface area contributed by atoms with E-state index < -0.39 is 16.8 Å². The SMILES string of the molecule is N[C@@H](CSC(c1ccccc1)(c1ccccc1)c1ccccc1)C(=O)OCl. The van der Waals surface area contributed by atoms with Crippen molar-refractivity contribution in [1.29, 1.82) is 0 Å². The molecule has 0 spiro atoms. The first-order chi connectivity index (χ1) is 13.2. The fraction of sp³-hybridized carbons (Fsp3) is 0.136. The van der Waals surface area contributed by atoms with Crippen LogP contribution < -0.4 is 5.73 Å². The van der Waals surface area contributed by atoms with E-state index in [4.69, 9.17) is 17.6 Å². The minimum Gasteiger partial charge on any atom is -0.346 e. The molecule has 3 aromatic carbocycles. The first-order valence-electron chi connectivity index (χ1n) is 8.57. The molecule has 138 valence electrons. The maximum absolute atomic E-state index is 11.7. The Labute approximate surface area is 168 Å². The maximum Gasteiger partial charge on any atom is 0.342 e. The molecule has 0 aliphatic heterocycles. The van der Waals surface area contributed by atoms with Gasteiger partial charge < -0.3 is 10.0 Å². The molecule has 0 aromatic heterocycles. The maximum atomic E-state index is 11.7. The lowest BCUT2D eigenvalue weighted by molar-refractivity contribution is -0.134. The Kier molecular flexibility index (Phi) is 6.56. The first kappa shape index (κ1) is 19.5. The topological polar surface area (TPSA) is 52.3 Å². The van der Waals surface area contributed by atoms with E-state index in [0.717, 1.165) is 16.7 Å². The molecular formula is C22H20ClNO2S. The summed E-state index contributed by atoms with van der Waals surface area (Å²) in [5.41, 5.74) is 9.32. The number of halogens is 1. The molecule has 0 saturated carbocycles. The quantitative estimate of drug-likeness (QED) is 0.585. The lowest BCUT2D eigenvalue weighted by Gasteiger charge is -2.36. The van der Waals surface area contributed by atoms with Crippen molar-refractivity contribution in [2.45, 2.75) is 10.8 Å². The normalized spacial score (nSPS) is 12.4. The van der Waals surface area contributed by atoms with Crippen LogP contribution in [0.5, 0.6) is 0 Å². The van der Waals surface area contributed by atoms with Crippen molar-refractivity contribution in [2.75, 3.05) is 5.75 Å². The van der Waals surface area contributed by atoms with E-state index >= 15 is 0 Å². The number of nitrogens with two attached hydrogens (primary N) is 1. The molecule has 0 bridgehead atoms. The van der Waals surface area contributed by atoms with Crippen molar-refractivity contribution in [3.8, 4) is 0 Å². The van der Waals surface area contributed by atoms with Gasteiger partial charge in [-0.1, -0.05) is 91.0 Å². The smallest absolute Gasteiger partial charge is 0.342 e. The van der Waals surface area contributed by atoms with Crippen LogP contribution in [0.25, 0.3) is 0 Å². The molecule has 0 heterocycles. The summed E-state index contributed by atoms with van der Waals surface area (Å²) in [5.74, 6) is -0.281. The van der Waals surface area contributed by atoms with Gasteiger partial charge >= 0.3 is 5.97 Å². The number of hydrogen-bond donors (Lipinski definition) is 1. The molecule has 27 heavy (non-hydrogen) atoms. The van der Waals surface area contributed by atoms with Crippen molar-refractivity contribution in [2.24, 2.45) is 5.73 Å². The Morgan fingerprint density at radius 2 is 1.22 bits per heavy atom. The summed E-state index contributed by atoms with van der Waals surface area (Å²) >= 11 is 6.80. The fourth-order valence-corrected chi connectivity index (χ4v) is 4.70. The molecule has 0 unspecified atom stereocenters. The molecule has 3 aromatic rings. The van der Waals surface area contributed by atoms with Crippen LogP contribution in [0.2, 0.25) is 0 Å². The molecule has 5 heteroatoms. The Morgan fingerprint density at radius 3 is 1.56 bits per heavy atom. The molecule has 3 nitrogen and oxygen atoms in total. The second kappa shape index (κ2) is 9.09. The number of hydrogen-bond acceptors (Lipinski definition) is 4. The van der Waals surface area contributed by atoms with Gasteiger partial charge in [-0.3, -0.25) is 0 Å².